The summed E-state index contributed by atoms with van der Waals surface area (Å²) in [7, 11) is 0. The third-order valence-corrected chi connectivity index (χ3v) is 5.12. The molecule has 0 aliphatic rings. The number of rotatable bonds is 6. The SMILES string of the molecule is CCCNC(CSC(C)(C)C)c1sccc1Cl. The van der Waals surface area contributed by atoms with Gasteiger partial charge in [0.1, 0.15) is 0 Å². The maximum Gasteiger partial charge on any atom is 0.0561 e. The fourth-order valence-electron chi connectivity index (χ4n) is 1.43. The molecule has 1 atom stereocenters. The first-order valence-corrected chi connectivity index (χ1v) is 8.28. The van der Waals surface area contributed by atoms with Gasteiger partial charge in [-0.15, -0.1) is 11.3 Å². The van der Waals surface area contributed by atoms with Crippen molar-refractivity contribution in [3.63, 3.8) is 0 Å². The molecule has 0 aliphatic heterocycles. The van der Waals surface area contributed by atoms with Crippen molar-refractivity contribution in [1.29, 1.82) is 0 Å². The van der Waals surface area contributed by atoms with Crippen molar-refractivity contribution in [2.24, 2.45) is 0 Å². The van der Waals surface area contributed by atoms with Crippen LogP contribution in [0.4, 0.5) is 0 Å². The highest BCUT2D eigenvalue weighted by atomic mass is 35.5. The Kier molecular flexibility index (Phi) is 6.35. The Morgan fingerprint density at radius 1 is 1.47 bits per heavy atom. The minimum Gasteiger partial charge on any atom is -0.309 e. The van der Waals surface area contributed by atoms with E-state index in [4.69, 9.17) is 11.6 Å². The first-order chi connectivity index (χ1) is 7.94. The monoisotopic (exact) mass is 291 g/mol. The molecular formula is C13H22ClNS2. The Labute approximate surface area is 118 Å². The van der Waals surface area contributed by atoms with Gasteiger partial charge in [-0.2, -0.15) is 11.8 Å². The minimum absolute atomic E-state index is 0.301. The molecule has 1 unspecified atom stereocenters. The van der Waals surface area contributed by atoms with Crippen LogP contribution in [0.3, 0.4) is 0 Å². The van der Waals surface area contributed by atoms with Gasteiger partial charge in [0, 0.05) is 15.4 Å². The quantitative estimate of drug-likeness (QED) is 0.794. The molecule has 0 fully saturated rings. The Morgan fingerprint density at radius 2 is 2.18 bits per heavy atom. The molecule has 1 nitrogen and oxygen atoms in total. The van der Waals surface area contributed by atoms with Crippen LogP contribution in [-0.4, -0.2) is 17.0 Å². The van der Waals surface area contributed by atoms with E-state index in [1.807, 2.05) is 17.8 Å². The van der Waals surface area contributed by atoms with Gasteiger partial charge in [0.2, 0.25) is 0 Å². The largest absolute Gasteiger partial charge is 0.309 e. The van der Waals surface area contributed by atoms with Crippen LogP contribution in [0.1, 0.15) is 45.0 Å². The van der Waals surface area contributed by atoms with Gasteiger partial charge in [-0.1, -0.05) is 39.3 Å². The lowest BCUT2D eigenvalue weighted by Crippen LogP contribution is -2.25. The van der Waals surface area contributed by atoms with Crippen LogP contribution >= 0.6 is 34.7 Å². The topological polar surface area (TPSA) is 12.0 Å². The van der Waals surface area contributed by atoms with Crippen molar-refractivity contribution in [3.8, 4) is 0 Å². The summed E-state index contributed by atoms with van der Waals surface area (Å²) in [6, 6.07) is 2.37. The molecule has 1 heterocycles. The van der Waals surface area contributed by atoms with Crippen molar-refractivity contribution in [2.75, 3.05) is 12.3 Å². The molecule has 1 aromatic heterocycles. The van der Waals surface area contributed by atoms with Crippen molar-refractivity contribution in [1.82, 2.24) is 5.32 Å². The normalized spacial score (nSPS) is 13.9. The summed E-state index contributed by atoms with van der Waals surface area (Å²) in [5.41, 5.74) is 0. The number of halogens is 1. The second-order valence-corrected chi connectivity index (χ2v) is 8.26. The smallest absolute Gasteiger partial charge is 0.0561 e. The molecule has 0 aliphatic carbocycles. The molecule has 0 saturated heterocycles. The second kappa shape index (κ2) is 7.03. The van der Waals surface area contributed by atoms with E-state index in [0.717, 1.165) is 23.7 Å². The molecule has 0 aromatic carbocycles. The van der Waals surface area contributed by atoms with Crippen LogP contribution in [-0.2, 0) is 0 Å². The third kappa shape index (κ3) is 5.64. The summed E-state index contributed by atoms with van der Waals surface area (Å²) >= 11 is 9.96. The summed E-state index contributed by atoms with van der Waals surface area (Å²) in [6.45, 7) is 10.0. The van der Waals surface area contributed by atoms with Crippen LogP contribution in [0.2, 0.25) is 5.02 Å². The highest BCUT2D eigenvalue weighted by molar-refractivity contribution is 8.00. The highest BCUT2D eigenvalue weighted by Crippen LogP contribution is 2.34. The predicted molar refractivity (Wildman–Crippen MR) is 82.6 cm³/mol. The summed E-state index contributed by atoms with van der Waals surface area (Å²) in [5, 5.41) is 6.56. The van der Waals surface area contributed by atoms with Gasteiger partial charge in [0.25, 0.3) is 0 Å². The fraction of sp³-hybridized carbons (Fsp3) is 0.692. The van der Waals surface area contributed by atoms with Gasteiger partial charge in [0.15, 0.2) is 0 Å². The fourth-order valence-corrected chi connectivity index (χ4v) is 3.76. The summed E-state index contributed by atoms with van der Waals surface area (Å²) in [6.07, 6.45) is 1.15. The number of hydrogen-bond acceptors (Lipinski definition) is 3. The molecule has 1 aromatic rings. The maximum atomic E-state index is 6.22. The standard InChI is InChI=1S/C13H22ClNS2/c1-5-7-15-11(9-17-13(2,3)4)12-10(14)6-8-16-12/h6,8,11,15H,5,7,9H2,1-4H3. The molecule has 0 spiro atoms. The zero-order chi connectivity index (χ0) is 12.9. The van der Waals surface area contributed by atoms with E-state index in [1.165, 1.54) is 4.88 Å². The lowest BCUT2D eigenvalue weighted by atomic mass is 10.2. The molecule has 4 heteroatoms. The third-order valence-electron chi connectivity index (χ3n) is 2.29. The predicted octanol–water partition coefficient (Wildman–Crippen LogP) is 4.97. The Hall–Kier alpha value is 0.300. The average Bonchev–Trinajstić information content (AvgIpc) is 2.63. The van der Waals surface area contributed by atoms with Crippen molar-refractivity contribution < 1.29 is 0 Å². The van der Waals surface area contributed by atoms with Crippen molar-refractivity contribution >= 4 is 34.7 Å². The van der Waals surface area contributed by atoms with Crippen molar-refractivity contribution in [2.45, 2.75) is 44.9 Å². The number of hydrogen-bond donors (Lipinski definition) is 1. The van der Waals surface area contributed by atoms with Crippen LogP contribution in [0.25, 0.3) is 0 Å². The molecule has 17 heavy (non-hydrogen) atoms. The van der Waals surface area contributed by atoms with Gasteiger partial charge in [0.05, 0.1) is 11.1 Å². The van der Waals surface area contributed by atoms with E-state index in [0.29, 0.717) is 10.8 Å². The molecule has 0 radical (unpaired) electrons. The molecule has 0 amide bonds. The van der Waals surface area contributed by atoms with Gasteiger partial charge in [-0.25, -0.2) is 0 Å². The Balaban J connectivity index is 2.64. The zero-order valence-corrected chi connectivity index (χ0v) is 13.4. The highest BCUT2D eigenvalue weighted by Gasteiger charge is 2.19. The van der Waals surface area contributed by atoms with Crippen LogP contribution in [0, 0.1) is 0 Å². The average molecular weight is 292 g/mol. The summed E-state index contributed by atoms with van der Waals surface area (Å²) < 4.78 is 0.301. The van der Waals surface area contributed by atoms with Gasteiger partial charge in [-0.05, 0) is 24.4 Å². The summed E-state index contributed by atoms with van der Waals surface area (Å²) in [4.78, 5) is 1.27. The molecule has 1 N–H and O–H groups in total. The van der Waals surface area contributed by atoms with Crippen LogP contribution in [0.5, 0.6) is 0 Å². The first-order valence-electron chi connectivity index (χ1n) is 6.04. The number of thiophene rings is 1. The van der Waals surface area contributed by atoms with E-state index in [9.17, 15) is 0 Å². The Bertz CT molecular complexity index is 330. The van der Waals surface area contributed by atoms with E-state index < -0.39 is 0 Å². The number of thioether (sulfide) groups is 1. The lowest BCUT2D eigenvalue weighted by molar-refractivity contribution is 0.583. The molecule has 1 rings (SSSR count). The maximum absolute atomic E-state index is 6.22. The molecule has 0 bridgehead atoms. The van der Waals surface area contributed by atoms with Crippen molar-refractivity contribution in [3.05, 3.63) is 21.3 Å². The van der Waals surface area contributed by atoms with E-state index in [2.05, 4.69) is 38.4 Å². The van der Waals surface area contributed by atoms with Crippen LogP contribution < -0.4 is 5.32 Å². The van der Waals surface area contributed by atoms with Gasteiger partial charge in [-0.3, -0.25) is 0 Å². The second-order valence-electron chi connectivity index (χ2n) is 5.06. The van der Waals surface area contributed by atoms with E-state index in [1.54, 1.807) is 11.3 Å². The zero-order valence-electron chi connectivity index (χ0n) is 11.0. The molecule has 98 valence electrons. The molecular weight excluding hydrogens is 270 g/mol. The van der Waals surface area contributed by atoms with Crippen LogP contribution in [0.15, 0.2) is 11.4 Å². The van der Waals surface area contributed by atoms with Gasteiger partial charge >= 0.3 is 0 Å². The van der Waals surface area contributed by atoms with Gasteiger partial charge < -0.3 is 5.32 Å². The Morgan fingerprint density at radius 3 is 2.65 bits per heavy atom. The lowest BCUT2D eigenvalue weighted by Gasteiger charge is -2.23. The first kappa shape index (κ1) is 15.4. The van der Waals surface area contributed by atoms with E-state index in [-0.39, 0.29) is 0 Å². The molecule has 0 saturated carbocycles. The number of nitrogens with one attached hydrogen (secondary N) is 1. The minimum atomic E-state index is 0.301. The summed E-state index contributed by atoms with van der Waals surface area (Å²) in [5.74, 6) is 1.07. The van der Waals surface area contributed by atoms with E-state index >= 15 is 0 Å².